The van der Waals surface area contributed by atoms with Gasteiger partial charge in [-0.25, -0.2) is 4.98 Å². The molecule has 0 aliphatic heterocycles. The second-order valence-corrected chi connectivity index (χ2v) is 3.90. The summed E-state index contributed by atoms with van der Waals surface area (Å²) in [6, 6.07) is 7.08. The molecule has 0 saturated heterocycles. The maximum Gasteiger partial charge on any atom is 0.573 e. The van der Waals surface area contributed by atoms with Gasteiger partial charge in [-0.3, -0.25) is 0 Å². The quantitative estimate of drug-likeness (QED) is 0.940. The minimum atomic E-state index is -4.74. The van der Waals surface area contributed by atoms with Crippen molar-refractivity contribution in [3.05, 3.63) is 36.5 Å². The SMILES string of the molecule is COc1ncc(N)cc1-c1cccc(OC(F)(F)F)c1. The Morgan fingerprint density at radius 2 is 1.95 bits per heavy atom. The van der Waals surface area contributed by atoms with Gasteiger partial charge >= 0.3 is 6.36 Å². The second-order valence-electron chi connectivity index (χ2n) is 3.90. The van der Waals surface area contributed by atoms with Crippen LogP contribution in [0.15, 0.2) is 36.5 Å². The molecule has 2 N–H and O–H groups in total. The molecule has 106 valence electrons. The van der Waals surface area contributed by atoms with Crippen molar-refractivity contribution in [2.24, 2.45) is 0 Å². The molecule has 1 aromatic carbocycles. The van der Waals surface area contributed by atoms with Gasteiger partial charge in [0.2, 0.25) is 5.88 Å². The van der Waals surface area contributed by atoms with Crippen LogP contribution in [0.2, 0.25) is 0 Å². The number of aromatic nitrogens is 1. The molecule has 0 spiro atoms. The zero-order valence-electron chi connectivity index (χ0n) is 10.4. The van der Waals surface area contributed by atoms with Crippen molar-refractivity contribution >= 4 is 5.69 Å². The first kappa shape index (κ1) is 14.0. The van der Waals surface area contributed by atoms with Crippen molar-refractivity contribution in [1.29, 1.82) is 0 Å². The van der Waals surface area contributed by atoms with E-state index >= 15 is 0 Å². The number of pyridine rings is 1. The van der Waals surface area contributed by atoms with Crippen LogP contribution >= 0.6 is 0 Å². The molecular formula is C13H11F3N2O2. The molecule has 0 fully saturated rings. The third-order valence-electron chi connectivity index (χ3n) is 2.44. The van der Waals surface area contributed by atoms with Crippen LogP contribution in [0.1, 0.15) is 0 Å². The predicted octanol–water partition coefficient (Wildman–Crippen LogP) is 3.24. The number of nitrogens with zero attached hydrogens (tertiary/aromatic N) is 1. The van der Waals surface area contributed by atoms with Gasteiger partial charge in [-0.1, -0.05) is 12.1 Å². The lowest BCUT2D eigenvalue weighted by Gasteiger charge is -2.12. The lowest BCUT2D eigenvalue weighted by molar-refractivity contribution is -0.274. The van der Waals surface area contributed by atoms with Crippen molar-refractivity contribution in [2.45, 2.75) is 6.36 Å². The molecule has 0 bridgehead atoms. The highest BCUT2D eigenvalue weighted by molar-refractivity contribution is 5.72. The number of ether oxygens (including phenoxy) is 2. The van der Waals surface area contributed by atoms with E-state index in [0.717, 1.165) is 0 Å². The van der Waals surface area contributed by atoms with E-state index in [1.165, 1.54) is 31.5 Å². The van der Waals surface area contributed by atoms with Gasteiger partial charge in [-0.05, 0) is 23.8 Å². The van der Waals surface area contributed by atoms with Crippen LogP contribution in [-0.4, -0.2) is 18.5 Å². The van der Waals surface area contributed by atoms with Crippen molar-refractivity contribution in [3.8, 4) is 22.8 Å². The Labute approximate surface area is 113 Å². The standard InChI is InChI=1S/C13H11F3N2O2/c1-19-12-11(6-9(17)7-18-12)8-3-2-4-10(5-8)20-13(14,15)16/h2-7H,17H2,1H3. The minimum absolute atomic E-state index is 0.267. The molecule has 0 amide bonds. The minimum Gasteiger partial charge on any atom is -0.481 e. The maximum absolute atomic E-state index is 12.2. The number of rotatable bonds is 3. The second kappa shape index (κ2) is 5.28. The van der Waals surface area contributed by atoms with Crippen LogP contribution in [0.3, 0.4) is 0 Å². The average Bonchev–Trinajstić information content (AvgIpc) is 2.37. The number of halogens is 3. The lowest BCUT2D eigenvalue weighted by Crippen LogP contribution is -2.17. The van der Waals surface area contributed by atoms with Crippen molar-refractivity contribution in [1.82, 2.24) is 4.98 Å². The highest BCUT2D eigenvalue weighted by Crippen LogP contribution is 2.33. The van der Waals surface area contributed by atoms with E-state index in [2.05, 4.69) is 9.72 Å². The number of methoxy groups -OCH3 is 1. The summed E-state index contributed by atoms with van der Waals surface area (Å²) in [7, 11) is 1.41. The Balaban J connectivity index is 2.43. The van der Waals surface area contributed by atoms with Gasteiger partial charge in [-0.15, -0.1) is 13.2 Å². The summed E-state index contributed by atoms with van der Waals surface area (Å²) in [5.74, 6) is -0.0529. The number of nitrogens with two attached hydrogens (primary N) is 1. The number of anilines is 1. The summed E-state index contributed by atoms with van der Waals surface area (Å²) in [6.45, 7) is 0. The highest BCUT2D eigenvalue weighted by atomic mass is 19.4. The van der Waals surface area contributed by atoms with E-state index in [1.54, 1.807) is 12.1 Å². The molecule has 0 saturated carbocycles. The topological polar surface area (TPSA) is 57.4 Å². The predicted molar refractivity (Wildman–Crippen MR) is 67.3 cm³/mol. The summed E-state index contributed by atoms with van der Waals surface area (Å²) < 4.78 is 45.6. The number of nitrogen functional groups attached to an aromatic ring is 1. The summed E-state index contributed by atoms with van der Waals surface area (Å²) in [6.07, 6.45) is -3.34. The zero-order valence-corrected chi connectivity index (χ0v) is 10.4. The third-order valence-corrected chi connectivity index (χ3v) is 2.44. The van der Waals surface area contributed by atoms with Crippen LogP contribution < -0.4 is 15.2 Å². The monoisotopic (exact) mass is 284 g/mol. The van der Waals surface area contributed by atoms with Crippen molar-refractivity contribution in [3.63, 3.8) is 0 Å². The summed E-state index contributed by atoms with van der Waals surface area (Å²) >= 11 is 0. The van der Waals surface area contributed by atoms with Crippen molar-refractivity contribution < 1.29 is 22.6 Å². The molecular weight excluding hydrogens is 273 g/mol. The van der Waals surface area contributed by atoms with E-state index in [9.17, 15) is 13.2 Å². The Morgan fingerprint density at radius 1 is 1.20 bits per heavy atom. The average molecular weight is 284 g/mol. The fraction of sp³-hybridized carbons (Fsp3) is 0.154. The largest absolute Gasteiger partial charge is 0.573 e. The fourth-order valence-electron chi connectivity index (χ4n) is 1.70. The van der Waals surface area contributed by atoms with Gasteiger partial charge in [-0.2, -0.15) is 0 Å². The number of hydrogen-bond acceptors (Lipinski definition) is 4. The smallest absolute Gasteiger partial charge is 0.481 e. The summed E-state index contributed by atoms with van der Waals surface area (Å²) in [5, 5.41) is 0. The molecule has 20 heavy (non-hydrogen) atoms. The van der Waals surface area contributed by atoms with E-state index in [0.29, 0.717) is 16.8 Å². The van der Waals surface area contributed by atoms with Crippen LogP contribution in [-0.2, 0) is 0 Å². The van der Waals surface area contributed by atoms with Gasteiger partial charge in [0.15, 0.2) is 0 Å². The first-order chi connectivity index (χ1) is 9.39. The van der Waals surface area contributed by atoms with Crippen LogP contribution in [0.4, 0.5) is 18.9 Å². The van der Waals surface area contributed by atoms with Crippen LogP contribution in [0, 0.1) is 0 Å². The van der Waals surface area contributed by atoms with E-state index in [-0.39, 0.29) is 11.6 Å². The molecule has 1 heterocycles. The van der Waals surface area contributed by atoms with Gasteiger partial charge in [0, 0.05) is 5.56 Å². The van der Waals surface area contributed by atoms with E-state index < -0.39 is 6.36 Å². The molecule has 0 aliphatic carbocycles. The lowest BCUT2D eigenvalue weighted by atomic mass is 10.1. The molecule has 2 rings (SSSR count). The zero-order chi connectivity index (χ0) is 14.8. The van der Waals surface area contributed by atoms with Gasteiger partial charge < -0.3 is 15.2 Å². The number of hydrogen-bond donors (Lipinski definition) is 1. The van der Waals surface area contributed by atoms with Gasteiger partial charge in [0.25, 0.3) is 0 Å². The van der Waals surface area contributed by atoms with E-state index in [1.807, 2.05) is 0 Å². The molecule has 2 aromatic rings. The first-order valence-corrected chi connectivity index (χ1v) is 5.55. The molecule has 7 heteroatoms. The summed E-state index contributed by atoms with van der Waals surface area (Å²) in [5.41, 5.74) is 6.96. The molecule has 0 aliphatic rings. The molecule has 1 aromatic heterocycles. The van der Waals surface area contributed by atoms with Crippen molar-refractivity contribution in [2.75, 3.05) is 12.8 Å². The Bertz CT molecular complexity index is 615. The first-order valence-electron chi connectivity index (χ1n) is 5.55. The molecule has 0 unspecified atom stereocenters. The number of alkyl halides is 3. The Morgan fingerprint density at radius 3 is 2.60 bits per heavy atom. The Hall–Kier alpha value is -2.44. The van der Waals surface area contributed by atoms with Crippen LogP contribution in [0.5, 0.6) is 11.6 Å². The third kappa shape index (κ3) is 3.31. The van der Waals surface area contributed by atoms with Gasteiger partial charge in [0.05, 0.1) is 19.0 Å². The molecule has 0 atom stereocenters. The maximum atomic E-state index is 12.2. The van der Waals surface area contributed by atoms with Crippen LogP contribution in [0.25, 0.3) is 11.1 Å². The fourth-order valence-corrected chi connectivity index (χ4v) is 1.70. The molecule has 0 radical (unpaired) electrons. The molecule has 4 nitrogen and oxygen atoms in total. The highest BCUT2D eigenvalue weighted by Gasteiger charge is 2.31. The number of benzene rings is 1. The normalized spacial score (nSPS) is 11.2. The Kier molecular flexibility index (Phi) is 3.69. The summed E-state index contributed by atoms with van der Waals surface area (Å²) in [4.78, 5) is 3.97. The van der Waals surface area contributed by atoms with E-state index in [4.69, 9.17) is 10.5 Å². The van der Waals surface area contributed by atoms with Gasteiger partial charge in [0.1, 0.15) is 5.75 Å².